The van der Waals surface area contributed by atoms with E-state index in [0.717, 1.165) is 16.0 Å². The van der Waals surface area contributed by atoms with Crippen molar-refractivity contribution in [3.63, 3.8) is 0 Å². The zero-order valence-corrected chi connectivity index (χ0v) is 23.0. The number of nitrogens with zero attached hydrogens (tertiary/aromatic N) is 1. The van der Waals surface area contributed by atoms with Gasteiger partial charge in [0.2, 0.25) is 0 Å². The lowest BCUT2D eigenvalue weighted by Gasteiger charge is -2.28. The smallest absolute Gasteiger partial charge is 0.336 e. The van der Waals surface area contributed by atoms with Crippen molar-refractivity contribution in [1.82, 2.24) is 5.32 Å². The molecule has 4 rings (SSSR count). The molecule has 40 heavy (non-hydrogen) atoms. The first-order valence-corrected chi connectivity index (χ1v) is 13.1. The Kier molecular flexibility index (Phi) is 9.06. The molecule has 0 bridgehead atoms. The third-order valence-electron chi connectivity index (χ3n) is 5.94. The van der Waals surface area contributed by atoms with E-state index in [4.69, 9.17) is 18.9 Å². The number of barbiturate groups is 1. The van der Waals surface area contributed by atoms with Gasteiger partial charge in [0.1, 0.15) is 23.7 Å². The maximum Gasteiger partial charge on any atom is 0.336 e. The first kappa shape index (κ1) is 28.2. The predicted molar refractivity (Wildman–Crippen MR) is 151 cm³/mol. The summed E-state index contributed by atoms with van der Waals surface area (Å²) in [5.74, 6) is 0.146. The van der Waals surface area contributed by atoms with Gasteiger partial charge in [-0.3, -0.25) is 14.9 Å². The number of benzene rings is 3. The highest BCUT2D eigenvalue weighted by Crippen LogP contribution is 2.36. The second-order valence-electron chi connectivity index (χ2n) is 8.87. The molecule has 1 aliphatic rings. The van der Waals surface area contributed by atoms with E-state index < -0.39 is 17.8 Å². The Labute approximate surface area is 233 Å². The van der Waals surface area contributed by atoms with Crippen LogP contribution in [0.2, 0.25) is 0 Å². The van der Waals surface area contributed by atoms with Gasteiger partial charge in [0, 0.05) is 6.07 Å². The first-order chi connectivity index (χ1) is 19.3. The largest absolute Gasteiger partial charge is 0.494 e. The Morgan fingerprint density at radius 2 is 1.50 bits per heavy atom. The number of urea groups is 1. The molecule has 0 radical (unpaired) electrons. The molecule has 1 fully saturated rings. The number of amides is 4. The second kappa shape index (κ2) is 12.8. The molecule has 3 aromatic rings. The highest BCUT2D eigenvalue weighted by atomic mass is 16.5. The lowest BCUT2D eigenvalue weighted by Crippen LogP contribution is -2.54. The topological polar surface area (TPSA) is 103 Å². The normalized spacial score (nSPS) is 14.2. The van der Waals surface area contributed by atoms with E-state index in [1.807, 2.05) is 45.0 Å². The Bertz CT molecular complexity index is 1450. The van der Waals surface area contributed by atoms with Crippen LogP contribution in [0.15, 0.2) is 66.2 Å². The summed E-state index contributed by atoms with van der Waals surface area (Å²) >= 11 is 0. The van der Waals surface area contributed by atoms with Gasteiger partial charge < -0.3 is 18.9 Å². The molecule has 9 nitrogen and oxygen atoms in total. The molecule has 1 saturated heterocycles. The third kappa shape index (κ3) is 6.43. The van der Waals surface area contributed by atoms with Gasteiger partial charge in [-0.2, -0.15) is 0 Å². The van der Waals surface area contributed by atoms with Crippen LogP contribution in [-0.4, -0.2) is 37.7 Å². The van der Waals surface area contributed by atoms with Gasteiger partial charge in [-0.05, 0) is 69.2 Å². The molecule has 1 N–H and O–H groups in total. The number of carbonyl (C=O) groups is 3. The van der Waals surface area contributed by atoms with Gasteiger partial charge in [-0.1, -0.05) is 35.9 Å². The molecular formula is C31H32N2O7. The minimum absolute atomic E-state index is 0.170. The SMILES string of the molecule is CCOc1ccc(OCC)c(N2C(=O)NC(=O)/C(=C\c3ccc(OCc4cccc(C)c4)c(OCC)c3)C2=O)c1. The van der Waals surface area contributed by atoms with Gasteiger partial charge >= 0.3 is 6.03 Å². The average molecular weight is 545 g/mol. The summed E-state index contributed by atoms with van der Waals surface area (Å²) in [5.41, 5.74) is 2.62. The van der Waals surface area contributed by atoms with E-state index in [-0.39, 0.29) is 11.3 Å². The van der Waals surface area contributed by atoms with Crippen molar-refractivity contribution in [2.45, 2.75) is 34.3 Å². The summed E-state index contributed by atoms with van der Waals surface area (Å²) in [5, 5.41) is 2.25. The molecule has 0 spiro atoms. The number of aryl methyl sites for hydroxylation is 1. The quantitative estimate of drug-likeness (QED) is 0.253. The Morgan fingerprint density at radius 1 is 0.775 bits per heavy atom. The van der Waals surface area contributed by atoms with Crippen LogP contribution in [0.3, 0.4) is 0 Å². The fourth-order valence-corrected chi connectivity index (χ4v) is 4.21. The number of nitrogens with one attached hydrogen (secondary N) is 1. The van der Waals surface area contributed by atoms with Crippen molar-refractivity contribution < 1.29 is 33.3 Å². The molecule has 0 aliphatic carbocycles. The minimum atomic E-state index is -0.878. The number of rotatable bonds is 11. The molecule has 0 atom stereocenters. The van der Waals surface area contributed by atoms with E-state index in [2.05, 4.69) is 5.32 Å². The van der Waals surface area contributed by atoms with Crippen LogP contribution in [0.1, 0.15) is 37.5 Å². The Balaban J connectivity index is 1.65. The van der Waals surface area contributed by atoms with Gasteiger partial charge in [0.15, 0.2) is 11.5 Å². The van der Waals surface area contributed by atoms with Crippen molar-refractivity contribution in [3.05, 3.63) is 82.9 Å². The third-order valence-corrected chi connectivity index (χ3v) is 5.94. The minimum Gasteiger partial charge on any atom is -0.494 e. The fourth-order valence-electron chi connectivity index (χ4n) is 4.21. The number of ether oxygens (including phenoxy) is 4. The lowest BCUT2D eigenvalue weighted by molar-refractivity contribution is -0.122. The maximum absolute atomic E-state index is 13.6. The molecule has 4 amide bonds. The second-order valence-corrected chi connectivity index (χ2v) is 8.87. The molecule has 9 heteroatoms. The average Bonchev–Trinajstić information content (AvgIpc) is 2.92. The van der Waals surface area contributed by atoms with E-state index in [1.54, 1.807) is 37.3 Å². The summed E-state index contributed by atoms with van der Waals surface area (Å²) in [7, 11) is 0. The van der Waals surface area contributed by atoms with Crippen LogP contribution in [0.5, 0.6) is 23.0 Å². The molecular weight excluding hydrogens is 512 g/mol. The van der Waals surface area contributed by atoms with Crippen LogP contribution in [0.4, 0.5) is 10.5 Å². The molecule has 0 unspecified atom stereocenters. The van der Waals surface area contributed by atoms with Crippen molar-refractivity contribution >= 4 is 29.6 Å². The lowest BCUT2D eigenvalue weighted by atomic mass is 10.1. The Hall–Kier alpha value is -4.79. The van der Waals surface area contributed by atoms with E-state index in [0.29, 0.717) is 55.0 Å². The molecule has 0 aromatic heterocycles. The number of carbonyl (C=O) groups excluding carboxylic acids is 3. The number of imide groups is 2. The zero-order chi connectivity index (χ0) is 28.6. The van der Waals surface area contributed by atoms with E-state index in [9.17, 15) is 14.4 Å². The van der Waals surface area contributed by atoms with Crippen molar-refractivity contribution in [1.29, 1.82) is 0 Å². The van der Waals surface area contributed by atoms with E-state index in [1.165, 1.54) is 12.1 Å². The number of hydrogen-bond acceptors (Lipinski definition) is 7. The van der Waals surface area contributed by atoms with Gasteiger partial charge in [0.05, 0.1) is 25.5 Å². The van der Waals surface area contributed by atoms with E-state index >= 15 is 0 Å². The highest BCUT2D eigenvalue weighted by Gasteiger charge is 2.38. The summed E-state index contributed by atoms with van der Waals surface area (Å²) in [4.78, 5) is 40.1. The van der Waals surface area contributed by atoms with Crippen LogP contribution in [0, 0.1) is 6.92 Å². The molecule has 208 valence electrons. The molecule has 3 aromatic carbocycles. The van der Waals surface area contributed by atoms with Crippen LogP contribution < -0.4 is 29.2 Å². The summed E-state index contributed by atoms with van der Waals surface area (Å²) < 4.78 is 23.0. The fraction of sp³-hybridized carbons (Fsp3) is 0.258. The predicted octanol–water partition coefficient (Wildman–Crippen LogP) is 5.44. The van der Waals surface area contributed by atoms with Gasteiger partial charge in [0.25, 0.3) is 11.8 Å². The van der Waals surface area contributed by atoms with Crippen LogP contribution >= 0.6 is 0 Å². The van der Waals surface area contributed by atoms with Crippen LogP contribution in [-0.2, 0) is 16.2 Å². The van der Waals surface area contributed by atoms with Crippen LogP contribution in [0.25, 0.3) is 6.08 Å². The van der Waals surface area contributed by atoms with Crippen molar-refractivity contribution in [3.8, 4) is 23.0 Å². The maximum atomic E-state index is 13.6. The number of anilines is 1. The highest BCUT2D eigenvalue weighted by molar-refractivity contribution is 6.39. The molecule has 1 aliphatic heterocycles. The first-order valence-electron chi connectivity index (χ1n) is 13.1. The monoisotopic (exact) mass is 544 g/mol. The summed E-state index contributed by atoms with van der Waals surface area (Å²) in [6.45, 7) is 8.92. The Morgan fingerprint density at radius 3 is 2.23 bits per heavy atom. The number of hydrogen-bond donors (Lipinski definition) is 1. The van der Waals surface area contributed by atoms with Crippen molar-refractivity contribution in [2.75, 3.05) is 24.7 Å². The molecule has 0 saturated carbocycles. The summed E-state index contributed by atoms with van der Waals surface area (Å²) in [6, 6.07) is 17.1. The standard InChI is InChI=1S/C31H32N2O7/c1-5-37-23-12-14-26(38-6-2)25(18-23)33-30(35)24(29(34)32-31(33)36)16-21-11-13-27(28(17-21)39-7-3)40-19-22-10-8-9-20(4)15-22/h8-18H,5-7,19H2,1-4H3,(H,32,34,36)/b24-16+. The van der Waals surface area contributed by atoms with Gasteiger partial charge in [-0.15, -0.1) is 0 Å². The zero-order valence-electron chi connectivity index (χ0n) is 23.0. The van der Waals surface area contributed by atoms with Crippen molar-refractivity contribution in [2.24, 2.45) is 0 Å². The summed E-state index contributed by atoms with van der Waals surface area (Å²) in [6.07, 6.45) is 1.41. The molecule has 1 heterocycles. The van der Waals surface area contributed by atoms with Gasteiger partial charge in [-0.25, -0.2) is 9.69 Å².